The molecule has 2 heterocycles. The van der Waals surface area contributed by atoms with E-state index in [-0.39, 0.29) is 11.2 Å². The lowest BCUT2D eigenvalue weighted by atomic mass is 9.96. The molecule has 0 aliphatic carbocycles. The highest BCUT2D eigenvalue weighted by Crippen LogP contribution is 2.19. The van der Waals surface area contributed by atoms with Crippen molar-refractivity contribution in [1.29, 1.82) is 0 Å². The first-order valence-electron chi connectivity index (χ1n) is 8.34. The molecule has 0 amide bonds. The van der Waals surface area contributed by atoms with E-state index in [0.29, 0.717) is 35.0 Å². The molecule has 7 heteroatoms. The van der Waals surface area contributed by atoms with Gasteiger partial charge in [-0.05, 0) is 18.2 Å². The molecule has 3 aromatic rings. The molecule has 0 aliphatic rings. The van der Waals surface area contributed by atoms with Crippen LogP contribution in [0.1, 0.15) is 43.5 Å². The van der Waals surface area contributed by atoms with Crippen LogP contribution in [0, 0.1) is 5.82 Å². The Balaban J connectivity index is 1.84. The number of aromatic amines is 1. The number of halogens is 1. The average molecular weight is 353 g/mol. The maximum absolute atomic E-state index is 13.8. The molecule has 0 bridgehead atoms. The second-order valence-corrected chi connectivity index (χ2v) is 7.02. The van der Waals surface area contributed by atoms with Gasteiger partial charge in [-0.1, -0.05) is 39.0 Å². The van der Waals surface area contributed by atoms with Crippen LogP contribution in [0.5, 0.6) is 0 Å². The molecule has 0 saturated heterocycles. The Hall–Kier alpha value is -3.09. The molecular weight excluding hydrogens is 331 g/mol. The predicted octanol–water partition coefficient (Wildman–Crippen LogP) is 1.84. The first-order valence-corrected chi connectivity index (χ1v) is 8.34. The van der Waals surface area contributed by atoms with Gasteiger partial charge in [0.2, 0.25) is 5.82 Å². The highest BCUT2D eigenvalue weighted by atomic mass is 19.1. The second-order valence-electron chi connectivity index (χ2n) is 7.02. The minimum atomic E-state index is -0.266. The molecule has 0 fully saturated rings. The van der Waals surface area contributed by atoms with Crippen molar-refractivity contribution in [2.45, 2.75) is 32.7 Å². The van der Waals surface area contributed by atoms with Crippen LogP contribution >= 0.6 is 0 Å². The van der Waals surface area contributed by atoms with Crippen molar-refractivity contribution in [3.05, 3.63) is 71.2 Å². The minimum absolute atomic E-state index is 0.160. The summed E-state index contributed by atoms with van der Waals surface area (Å²) in [5.41, 5.74) is 1.46. The lowest BCUT2D eigenvalue weighted by Crippen LogP contribution is -2.42. The Morgan fingerprint density at radius 2 is 1.96 bits per heavy atom. The first kappa shape index (κ1) is 17.7. The summed E-state index contributed by atoms with van der Waals surface area (Å²) < 4.78 is 13.8. The van der Waals surface area contributed by atoms with Crippen LogP contribution in [-0.2, 0) is 12.0 Å². The second kappa shape index (κ2) is 7.03. The van der Waals surface area contributed by atoms with E-state index in [4.69, 9.17) is 5.41 Å². The van der Waals surface area contributed by atoms with Gasteiger partial charge >= 0.3 is 0 Å². The zero-order valence-electron chi connectivity index (χ0n) is 15.0. The topological polar surface area (TPSA) is 92.1 Å². The number of anilines is 1. The molecule has 2 aromatic heterocycles. The molecule has 4 N–H and O–H groups in total. The summed E-state index contributed by atoms with van der Waals surface area (Å²) in [4.78, 5) is 8.81. The van der Waals surface area contributed by atoms with Crippen molar-refractivity contribution in [3.8, 4) is 0 Å². The highest BCUT2D eigenvalue weighted by molar-refractivity contribution is 6.09. The predicted molar refractivity (Wildman–Crippen MR) is 98.2 cm³/mol. The molecule has 0 atom stereocenters. The fraction of sp³-hybridized carbons (Fsp3) is 0.263. The lowest BCUT2D eigenvalue weighted by Gasteiger charge is -2.12. The summed E-state index contributed by atoms with van der Waals surface area (Å²) in [6.07, 6.45) is 1.65. The molecule has 6 nitrogen and oxygen atoms in total. The van der Waals surface area contributed by atoms with Gasteiger partial charge in [-0.25, -0.2) is 14.4 Å². The van der Waals surface area contributed by atoms with Crippen molar-refractivity contribution in [1.82, 2.24) is 20.2 Å². The van der Waals surface area contributed by atoms with Crippen LogP contribution in [-0.4, -0.2) is 25.9 Å². The maximum atomic E-state index is 13.8. The quantitative estimate of drug-likeness (QED) is 0.610. The summed E-state index contributed by atoms with van der Waals surface area (Å²) in [5.74, 6) is 1.45. The largest absolute Gasteiger partial charge is 0.365 e. The molecule has 0 spiro atoms. The number of H-pyrrole nitrogens is 1. The lowest BCUT2D eigenvalue weighted by molar-refractivity contribution is -0.112. The van der Waals surface area contributed by atoms with E-state index in [1.807, 2.05) is 26.8 Å². The maximum Gasteiger partial charge on any atom is 0.254 e. The zero-order valence-corrected chi connectivity index (χ0v) is 15.0. The zero-order chi connectivity index (χ0) is 18.7. The number of nitrogens with two attached hydrogens (primary N) is 1. The van der Waals surface area contributed by atoms with Gasteiger partial charge in [-0.2, -0.15) is 0 Å². The Morgan fingerprint density at radius 1 is 1.19 bits per heavy atom. The average Bonchev–Trinajstić information content (AvgIpc) is 3.11. The number of benzene rings is 1. The Bertz CT molecular complexity index is 926. The molecule has 1 aromatic carbocycles. The van der Waals surface area contributed by atoms with E-state index in [1.54, 1.807) is 30.5 Å². The van der Waals surface area contributed by atoms with Gasteiger partial charge in [0.15, 0.2) is 0 Å². The third-order valence-electron chi connectivity index (χ3n) is 3.94. The van der Waals surface area contributed by atoms with E-state index in [0.717, 1.165) is 5.82 Å². The van der Waals surface area contributed by atoms with Crippen molar-refractivity contribution >= 4 is 11.5 Å². The number of hydrogen-bond donors (Lipinski definition) is 3. The van der Waals surface area contributed by atoms with E-state index in [9.17, 15) is 4.39 Å². The van der Waals surface area contributed by atoms with E-state index < -0.39 is 0 Å². The molecule has 3 rings (SSSR count). The van der Waals surface area contributed by atoms with Crippen LogP contribution in [0.2, 0.25) is 0 Å². The van der Waals surface area contributed by atoms with Gasteiger partial charge < -0.3 is 5.32 Å². The summed E-state index contributed by atoms with van der Waals surface area (Å²) in [6, 6.07) is 10.2. The molecule has 0 unspecified atom stereocenters. The Labute approximate surface area is 151 Å². The smallest absolute Gasteiger partial charge is 0.254 e. The van der Waals surface area contributed by atoms with Gasteiger partial charge in [0.05, 0.1) is 5.56 Å². The Kier molecular flexibility index (Phi) is 4.79. The SMILES string of the molecule is CC(C)(C)c1nc(C(=[NH2+])c2cccnc2NCc2ccccc2F)n[nH]1. The summed E-state index contributed by atoms with van der Waals surface area (Å²) in [5, 5.41) is 16.6. The van der Waals surface area contributed by atoms with Crippen molar-refractivity contribution in [2.24, 2.45) is 0 Å². The van der Waals surface area contributed by atoms with Gasteiger partial charge in [-0.15, -0.1) is 5.10 Å². The monoisotopic (exact) mass is 353 g/mol. The molecular formula is C19H22FN6+. The minimum Gasteiger partial charge on any atom is -0.365 e. The van der Waals surface area contributed by atoms with Crippen LogP contribution in [0.15, 0.2) is 42.6 Å². The normalized spacial score (nSPS) is 11.4. The number of nitrogens with one attached hydrogen (secondary N) is 2. The van der Waals surface area contributed by atoms with Gasteiger partial charge in [-0.3, -0.25) is 10.5 Å². The molecule has 0 aliphatic heterocycles. The number of rotatable bonds is 5. The standard InChI is InChI=1S/C19H21FN6/c1-19(2,3)18-24-17(25-26-18)15(21)13-8-6-10-22-16(13)23-11-12-7-4-5-9-14(12)20/h4-10,21H,11H2,1-3H3,(H,22,23)(H,24,25,26)/p+1. The van der Waals surface area contributed by atoms with Crippen molar-refractivity contribution in [2.75, 3.05) is 5.32 Å². The number of hydrogen-bond acceptors (Lipinski definition) is 4. The number of pyridine rings is 1. The van der Waals surface area contributed by atoms with Crippen LogP contribution in [0.25, 0.3) is 0 Å². The van der Waals surface area contributed by atoms with Crippen LogP contribution in [0.4, 0.5) is 10.2 Å². The molecule has 0 radical (unpaired) electrons. The van der Waals surface area contributed by atoms with Gasteiger partial charge in [0, 0.05) is 23.7 Å². The number of nitrogens with zero attached hydrogens (tertiary/aromatic N) is 3. The summed E-state index contributed by atoms with van der Waals surface area (Å²) >= 11 is 0. The third kappa shape index (κ3) is 3.77. The van der Waals surface area contributed by atoms with Crippen molar-refractivity contribution < 1.29 is 9.80 Å². The van der Waals surface area contributed by atoms with Gasteiger partial charge in [0.1, 0.15) is 17.5 Å². The highest BCUT2D eigenvalue weighted by Gasteiger charge is 2.24. The van der Waals surface area contributed by atoms with E-state index in [2.05, 4.69) is 25.5 Å². The van der Waals surface area contributed by atoms with Crippen molar-refractivity contribution in [3.63, 3.8) is 0 Å². The summed E-state index contributed by atoms with van der Waals surface area (Å²) in [7, 11) is 0. The summed E-state index contributed by atoms with van der Waals surface area (Å²) in [6.45, 7) is 6.42. The van der Waals surface area contributed by atoms with E-state index >= 15 is 0 Å². The van der Waals surface area contributed by atoms with E-state index in [1.165, 1.54) is 6.07 Å². The van der Waals surface area contributed by atoms with Gasteiger partial charge in [0.25, 0.3) is 5.71 Å². The van der Waals surface area contributed by atoms with Crippen LogP contribution < -0.4 is 10.7 Å². The molecule has 134 valence electrons. The number of aromatic nitrogens is 4. The fourth-order valence-corrected chi connectivity index (χ4v) is 2.42. The molecule has 26 heavy (non-hydrogen) atoms. The fourth-order valence-electron chi connectivity index (χ4n) is 2.42. The molecule has 0 saturated carbocycles. The first-order chi connectivity index (χ1) is 12.4. The van der Waals surface area contributed by atoms with Crippen LogP contribution in [0.3, 0.4) is 0 Å². The Morgan fingerprint density at radius 3 is 2.65 bits per heavy atom. The third-order valence-corrected chi connectivity index (χ3v) is 3.94.